The summed E-state index contributed by atoms with van der Waals surface area (Å²) in [6.07, 6.45) is -1.46. The van der Waals surface area contributed by atoms with Gasteiger partial charge in [0.15, 0.2) is 0 Å². The Balaban J connectivity index is 2.02. The topological polar surface area (TPSA) is 44.5 Å². The smallest absolute Gasteiger partial charge is 0.398 e. The molecule has 0 bridgehead atoms. The van der Waals surface area contributed by atoms with Crippen LogP contribution in [-0.2, 0) is 22.2 Å². The van der Waals surface area contributed by atoms with E-state index in [1.807, 2.05) is 6.07 Å². The number of nitrogens with two attached hydrogens (primary N) is 1. The number of benzene rings is 1. The first-order valence-corrected chi connectivity index (χ1v) is 10.0. The molecule has 0 amide bonds. The average molecular weight is 413 g/mol. The highest BCUT2D eigenvalue weighted by molar-refractivity contribution is 6.55. The maximum absolute atomic E-state index is 15.5. The van der Waals surface area contributed by atoms with Crippen molar-refractivity contribution in [2.75, 3.05) is 0 Å². The van der Waals surface area contributed by atoms with Crippen LogP contribution in [0.4, 0.5) is 17.6 Å². The van der Waals surface area contributed by atoms with Crippen molar-refractivity contribution in [3.05, 3.63) is 40.6 Å². The molecule has 0 aromatic heterocycles. The summed E-state index contributed by atoms with van der Waals surface area (Å²) in [5, 5.41) is 0. The number of halogens is 4. The number of hydrogen-bond acceptors (Lipinski definition) is 3. The number of fused-ring (bicyclic) bond motifs is 1. The molecule has 1 aromatic carbocycles. The maximum Gasteiger partial charge on any atom is 0.525 e. The fraction of sp³-hybridized carbons (Fsp3) is 0.619. The molecule has 1 unspecified atom stereocenters. The Morgan fingerprint density at radius 1 is 1.07 bits per heavy atom. The first kappa shape index (κ1) is 22.3. The van der Waals surface area contributed by atoms with Crippen LogP contribution in [0.25, 0.3) is 5.57 Å². The van der Waals surface area contributed by atoms with Gasteiger partial charge in [0.05, 0.1) is 11.2 Å². The molecule has 1 aromatic rings. The van der Waals surface area contributed by atoms with Crippen molar-refractivity contribution in [3.63, 3.8) is 0 Å². The Labute approximate surface area is 169 Å². The molecule has 0 radical (unpaired) electrons. The van der Waals surface area contributed by atoms with E-state index in [4.69, 9.17) is 15.0 Å². The van der Waals surface area contributed by atoms with Gasteiger partial charge in [-0.3, -0.25) is 0 Å². The van der Waals surface area contributed by atoms with Crippen LogP contribution in [0, 0.1) is 0 Å². The van der Waals surface area contributed by atoms with E-state index in [1.165, 1.54) is 0 Å². The lowest BCUT2D eigenvalue weighted by Gasteiger charge is -2.32. The zero-order chi connectivity index (χ0) is 21.6. The predicted molar refractivity (Wildman–Crippen MR) is 106 cm³/mol. The molecule has 3 nitrogen and oxygen atoms in total. The summed E-state index contributed by atoms with van der Waals surface area (Å²) in [5.41, 5.74) is 5.41. The first-order valence-electron chi connectivity index (χ1n) is 10.0. The predicted octanol–water partition coefficient (Wildman–Crippen LogP) is 5.16. The summed E-state index contributed by atoms with van der Waals surface area (Å²) < 4.78 is 66.5. The fourth-order valence-electron chi connectivity index (χ4n) is 3.70. The van der Waals surface area contributed by atoms with Gasteiger partial charge in [0.25, 0.3) is 0 Å². The Bertz CT molecular complexity index is 788. The monoisotopic (exact) mass is 413 g/mol. The molecule has 1 aliphatic carbocycles. The molecule has 1 heterocycles. The van der Waals surface area contributed by atoms with Gasteiger partial charge in [-0.15, -0.1) is 0 Å². The lowest BCUT2D eigenvalue weighted by molar-refractivity contribution is -0.146. The van der Waals surface area contributed by atoms with Crippen LogP contribution >= 0.6 is 0 Å². The van der Waals surface area contributed by atoms with Crippen molar-refractivity contribution in [2.45, 2.75) is 83.2 Å². The molecule has 0 spiro atoms. The molecule has 1 aliphatic heterocycles. The summed E-state index contributed by atoms with van der Waals surface area (Å²) >= 11 is 0. The van der Waals surface area contributed by atoms with Crippen LogP contribution in [0.3, 0.4) is 0 Å². The summed E-state index contributed by atoms with van der Waals surface area (Å²) in [7, 11) is -1.37. The van der Waals surface area contributed by atoms with Crippen LogP contribution in [0.15, 0.2) is 23.9 Å². The van der Waals surface area contributed by atoms with E-state index in [2.05, 4.69) is 0 Å². The standard InChI is InChI=1S/C21H28BF4NO2/c1-19(2)20(3,4)29-22(28-19)18(23)16(12-17(27)21(24,25)26)15-10-9-13-7-5-6-8-14(13)11-15/h9-11,17H,5-8,12,27H2,1-4H3. The van der Waals surface area contributed by atoms with Crippen molar-refractivity contribution < 1.29 is 26.9 Å². The molecule has 3 rings (SSSR count). The van der Waals surface area contributed by atoms with Gasteiger partial charge in [0.2, 0.25) is 0 Å². The second-order valence-electron chi connectivity index (χ2n) is 8.96. The van der Waals surface area contributed by atoms with Gasteiger partial charge < -0.3 is 15.0 Å². The molecule has 1 fully saturated rings. The second kappa shape index (κ2) is 7.71. The molecule has 2 aliphatic rings. The zero-order valence-electron chi connectivity index (χ0n) is 17.3. The minimum absolute atomic E-state index is 0.110. The van der Waals surface area contributed by atoms with Gasteiger partial charge in [-0.2, -0.15) is 13.2 Å². The second-order valence-corrected chi connectivity index (χ2v) is 8.96. The third kappa shape index (κ3) is 4.54. The molecule has 8 heteroatoms. The Hall–Kier alpha value is -1.38. The fourth-order valence-corrected chi connectivity index (χ4v) is 3.70. The summed E-state index contributed by atoms with van der Waals surface area (Å²) in [6.45, 7) is 7.06. The lowest BCUT2D eigenvalue weighted by atomic mass is 9.79. The van der Waals surface area contributed by atoms with E-state index >= 15 is 4.39 Å². The van der Waals surface area contributed by atoms with E-state index in [0.717, 1.165) is 36.8 Å². The van der Waals surface area contributed by atoms with Crippen LogP contribution in [0.1, 0.15) is 63.6 Å². The van der Waals surface area contributed by atoms with Crippen LogP contribution in [0.5, 0.6) is 0 Å². The number of aryl methyl sites for hydroxylation is 2. The Morgan fingerprint density at radius 2 is 1.62 bits per heavy atom. The van der Waals surface area contributed by atoms with Gasteiger partial charge in [0.1, 0.15) is 11.8 Å². The number of rotatable bonds is 4. The summed E-state index contributed by atoms with van der Waals surface area (Å²) in [4.78, 5) is 0. The minimum atomic E-state index is -4.63. The largest absolute Gasteiger partial charge is 0.525 e. The number of hydrogen-bond donors (Lipinski definition) is 1. The van der Waals surface area contributed by atoms with Gasteiger partial charge in [-0.25, -0.2) is 4.39 Å². The van der Waals surface area contributed by atoms with Gasteiger partial charge >= 0.3 is 13.3 Å². The van der Waals surface area contributed by atoms with E-state index in [1.54, 1.807) is 39.8 Å². The lowest BCUT2D eigenvalue weighted by Crippen LogP contribution is -2.41. The third-order valence-corrected chi connectivity index (χ3v) is 6.29. The van der Waals surface area contributed by atoms with Crippen molar-refractivity contribution in [2.24, 2.45) is 5.73 Å². The van der Waals surface area contributed by atoms with Crippen molar-refractivity contribution in [1.82, 2.24) is 0 Å². The van der Waals surface area contributed by atoms with Gasteiger partial charge in [0, 0.05) is 0 Å². The molecular weight excluding hydrogens is 385 g/mol. The van der Waals surface area contributed by atoms with Crippen molar-refractivity contribution in [3.8, 4) is 0 Å². The summed E-state index contributed by atoms with van der Waals surface area (Å²) in [5.74, 6) is 0. The van der Waals surface area contributed by atoms with Crippen LogP contribution < -0.4 is 5.73 Å². The van der Waals surface area contributed by atoms with Gasteiger partial charge in [-0.1, -0.05) is 18.2 Å². The number of alkyl halides is 3. The van der Waals surface area contributed by atoms with Crippen LogP contribution in [-0.4, -0.2) is 30.5 Å². The Kier molecular flexibility index (Phi) is 5.93. The van der Waals surface area contributed by atoms with E-state index < -0.39 is 42.7 Å². The van der Waals surface area contributed by atoms with Crippen molar-refractivity contribution >= 4 is 12.7 Å². The normalized spacial score (nSPS) is 22.9. The van der Waals surface area contributed by atoms with Crippen LogP contribution in [0.2, 0.25) is 0 Å². The highest BCUT2D eigenvalue weighted by Crippen LogP contribution is 2.41. The molecule has 1 saturated heterocycles. The quantitative estimate of drug-likeness (QED) is 0.548. The maximum atomic E-state index is 15.5. The van der Waals surface area contributed by atoms with E-state index in [-0.39, 0.29) is 5.57 Å². The van der Waals surface area contributed by atoms with Crippen molar-refractivity contribution in [1.29, 1.82) is 0 Å². The molecular formula is C21H28BF4NO2. The van der Waals surface area contributed by atoms with E-state index in [0.29, 0.717) is 5.56 Å². The molecule has 160 valence electrons. The zero-order valence-corrected chi connectivity index (χ0v) is 17.3. The highest BCUT2D eigenvalue weighted by Gasteiger charge is 2.54. The highest BCUT2D eigenvalue weighted by atomic mass is 19.4. The first-order chi connectivity index (χ1) is 13.3. The molecule has 29 heavy (non-hydrogen) atoms. The van der Waals surface area contributed by atoms with E-state index in [9.17, 15) is 13.2 Å². The third-order valence-electron chi connectivity index (χ3n) is 6.29. The molecule has 1 atom stereocenters. The SMILES string of the molecule is CC1(C)OB(C(F)=C(CC(N)C(F)(F)F)c2ccc3c(c2)CCCC3)OC1(C)C. The average Bonchev–Trinajstić information content (AvgIpc) is 2.85. The Morgan fingerprint density at radius 3 is 2.17 bits per heavy atom. The molecule has 0 saturated carbocycles. The minimum Gasteiger partial charge on any atom is -0.398 e. The molecule has 2 N–H and O–H groups in total. The summed E-state index contributed by atoms with van der Waals surface area (Å²) in [6, 6.07) is 3.16. The van der Waals surface area contributed by atoms with Gasteiger partial charge in [-0.05, 0) is 82.1 Å².